The summed E-state index contributed by atoms with van der Waals surface area (Å²) in [6.07, 6.45) is 7.31. The summed E-state index contributed by atoms with van der Waals surface area (Å²) >= 11 is 0. The lowest BCUT2D eigenvalue weighted by atomic mass is 10.1. The van der Waals surface area contributed by atoms with Gasteiger partial charge in [-0.2, -0.15) is 0 Å². The molecule has 0 aromatic carbocycles. The first kappa shape index (κ1) is 6.23. The monoisotopic (exact) mass is 159 g/mol. The summed E-state index contributed by atoms with van der Waals surface area (Å²) in [5.41, 5.74) is 3.65. The molecule has 0 saturated heterocycles. The molecule has 0 spiro atoms. The van der Waals surface area contributed by atoms with Crippen LogP contribution in [0.4, 0.5) is 0 Å². The van der Waals surface area contributed by atoms with Gasteiger partial charge in [0, 0.05) is 11.6 Å². The first-order valence-corrected chi connectivity index (χ1v) is 4.29. The Morgan fingerprint density at radius 1 is 1.33 bits per heavy atom. The maximum absolute atomic E-state index is 5.23. The number of aromatic nitrogens is 1. The molecule has 2 aromatic rings. The first-order chi connectivity index (χ1) is 5.95. The van der Waals surface area contributed by atoms with Gasteiger partial charge in [0.05, 0.1) is 6.26 Å². The fourth-order valence-electron chi connectivity index (χ4n) is 1.98. The zero-order valence-corrected chi connectivity index (χ0v) is 6.71. The van der Waals surface area contributed by atoms with Gasteiger partial charge in [-0.3, -0.25) is 0 Å². The molecule has 0 fully saturated rings. The highest BCUT2D eigenvalue weighted by Gasteiger charge is 2.15. The standard InChI is InChI=1S/C10H9NO/c1-2-7-6-11-10-9(4-5-12-10)8(7)3-1/h4-6H,1-3H2. The van der Waals surface area contributed by atoms with Gasteiger partial charge in [0.15, 0.2) is 0 Å². The van der Waals surface area contributed by atoms with Crippen molar-refractivity contribution in [1.29, 1.82) is 0 Å². The van der Waals surface area contributed by atoms with E-state index >= 15 is 0 Å². The molecule has 3 rings (SSSR count). The number of nitrogens with zero attached hydrogens (tertiary/aromatic N) is 1. The third kappa shape index (κ3) is 0.670. The van der Waals surface area contributed by atoms with E-state index in [-0.39, 0.29) is 0 Å². The first-order valence-electron chi connectivity index (χ1n) is 4.29. The SMILES string of the molecule is c1cc2c3c(cnc2o1)CCC3. The molecule has 1 aliphatic carbocycles. The van der Waals surface area contributed by atoms with Crippen molar-refractivity contribution >= 4 is 11.1 Å². The van der Waals surface area contributed by atoms with Gasteiger partial charge in [-0.25, -0.2) is 4.98 Å². The molecule has 0 aliphatic heterocycles. The smallest absolute Gasteiger partial charge is 0.226 e. The number of aryl methyl sites for hydroxylation is 2. The van der Waals surface area contributed by atoms with Crippen LogP contribution in [0.5, 0.6) is 0 Å². The Bertz CT molecular complexity index is 430. The van der Waals surface area contributed by atoms with Crippen LogP contribution in [0.3, 0.4) is 0 Å². The molecule has 0 unspecified atom stereocenters. The van der Waals surface area contributed by atoms with Crippen LogP contribution in [-0.4, -0.2) is 4.98 Å². The summed E-state index contributed by atoms with van der Waals surface area (Å²) < 4.78 is 5.23. The molecular formula is C10H9NO. The van der Waals surface area contributed by atoms with Crippen LogP contribution in [0.15, 0.2) is 22.9 Å². The Kier molecular flexibility index (Phi) is 1.09. The fourth-order valence-corrected chi connectivity index (χ4v) is 1.98. The third-order valence-electron chi connectivity index (χ3n) is 2.57. The van der Waals surface area contributed by atoms with Gasteiger partial charge in [0.25, 0.3) is 0 Å². The Hall–Kier alpha value is -1.31. The molecule has 1 aliphatic rings. The molecular weight excluding hydrogens is 150 g/mol. The second-order valence-electron chi connectivity index (χ2n) is 3.25. The molecule has 0 N–H and O–H groups in total. The minimum absolute atomic E-state index is 0.788. The van der Waals surface area contributed by atoms with E-state index in [2.05, 4.69) is 4.98 Å². The number of fused-ring (bicyclic) bond motifs is 3. The average molecular weight is 159 g/mol. The topological polar surface area (TPSA) is 26.0 Å². The Labute approximate surface area is 70.2 Å². The van der Waals surface area contributed by atoms with Gasteiger partial charge in [-0.1, -0.05) is 0 Å². The van der Waals surface area contributed by atoms with E-state index in [9.17, 15) is 0 Å². The lowest BCUT2D eigenvalue weighted by Crippen LogP contribution is -1.84. The van der Waals surface area contributed by atoms with E-state index in [4.69, 9.17) is 4.42 Å². The number of hydrogen-bond donors (Lipinski definition) is 0. The maximum atomic E-state index is 5.23. The van der Waals surface area contributed by atoms with Crippen LogP contribution < -0.4 is 0 Å². The summed E-state index contributed by atoms with van der Waals surface area (Å²) in [4.78, 5) is 4.25. The lowest BCUT2D eigenvalue weighted by Gasteiger charge is -1.97. The minimum atomic E-state index is 0.788. The van der Waals surface area contributed by atoms with Crippen LogP contribution in [0.2, 0.25) is 0 Å². The van der Waals surface area contributed by atoms with E-state index in [0.717, 1.165) is 5.71 Å². The van der Waals surface area contributed by atoms with Crippen molar-refractivity contribution in [3.05, 3.63) is 29.7 Å². The highest BCUT2D eigenvalue weighted by molar-refractivity contribution is 5.79. The molecule has 2 heterocycles. The van der Waals surface area contributed by atoms with Gasteiger partial charge in [0.2, 0.25) is 5.71 Å². The van der Waals surface area contributed by atoms with E-state index in [1.165, 1.54) is 35.8 Å². The molecule has 12 heavy (non-hydrogen) atoms. The van der Waals surface area contributed by atoms with Crippen molar-refractivity contribution in [3.8, 4) is 0 Å². The minimum Gasteiger partial charge on any atom is -0.446 e. The van der Waals surface area contributed by atoms with Crippen molar-refractivity contribution < 1.29 is 4.42 Å². The summed E-state index contributed by atoms with van der Waals surface area (Å²) in [6, 6.07) is 2.02. The van der Waals surface area contributed by atoms with Crippen LogP contribution in [0, 0.1) is 0 Å². The van der Waals surface area contributed by atoms with Gasteiger partial charge in [-0.05, 0) is 36.5 Å². The molecule has 60 valence electrons. The number of pyridine rings is 1. The van der Waals surface area contributed by atoms with E-state index in [0.29, 0.717) is 0 Å². The molecule has 2 aromatic heterocycles. The number of rotatable bonds is 0. The average Bonchev–Trinajstić information content (AvgIpc) is 2.71. The van der Waals surface area contributed by atoms with Crippen LogP contribution in [0.1, 0.15) is 17.5 Å². The van der Waals surface area contributed by atoms with Gasteiger partial charge < -0.3 is 4.42 Å². The summed E-state index contributed by atoms with van der Waals surface area (Å²) in [5, 5.41) is 1.21. The summed E-state index contributed by atoms with van der Waals surface area (Å²) in [5.74, 6) is 0. The summed E-state index contributed by atoms with van der Waals surface area (Å²) in [7, 11) is 0. The predicted molar refractivity (Wildman–Crippen MR) is 46.0 cm³/mol. The third-order valence-corrected chi connectivity index (χ3v) is 2.57. The zero-order chi connectivity index (χ0) is 7.97. The second-order valence-corrected chi connectivity index (χ2v) is 3.25. The molecule has 2 nitrogen and oxygen atoms in total. The quantitative estimate of drug-likeness (QED) is 0.589. The van der Waals surface area contributed by atoms with Crippen molar-refractivity contribution in [3.63, 3.8) is 0 Å². The van der Waals surface area contributed by atoms with Crippen LogP contribution in [0.25, 0.3) is 11.1 Å². The van der Waals surface area contributed by atoms with Gasteiger partial charge in [-0.15, -0.1) is 0 Å². The van der Waals surface area contributed by atoms with Crippen molar-refractivity contribution in [2.24, 2.45) is 0 Å². The Balaban J connectivity index is 2.46. The Morgan fingerprint density at radius 3 is 3.33 bits per heavy atom. The lowest BCUT2D eigenvalue weighted by molar-refractivity contribution is 0.603. The summed E-state index contributed by atoms with van der Waals surface area (Å²) in [6.45, 7) is 0. The van der Waals surface area contributed by atoms with E-state index in [1.54, 1.807) is 6.26 Å². The highest BCUT2D eigenvalue weighted by Crippen LogP contribution is 2.28. The maximum Gasteiger partial charge on any atom is 0.226 e. The predicted octanol–water partition coefficient (Wildman–Crippen LogP) is 2.32. The Morgan fingerprint density at radius 2 is 2.33 bits per heavy atom. The fraction of sp³-hybridized carbons (Fsp3) is 0.300. The molecule has 0 radical (unpaired) electrons. The number of hydrogen-bond acceptors (Lipinski definition) is 2. The second kappa shape index (κ2) is 2.09. The molecule has 0 saturated carbocycles. The van der Waals surface area contributed by atoms with E-state index in [1.807, 2.05) is 12.3 Å². The normalized spacial score (nSPS) is 15.3. The molecule has 0 amide bonds. The van der Waals surface area contributed by atoms with Gasteiger partial charge >= 0.3 is 0 Å². The molecule has 0 atom stereocenters. The van der Waals surface area contributed by atoms with Crippen molar-refractivity contribution in [2.75, 3.05) is 0 Å². The molecule has 0 bridgehead atoms. The highest BCUT2D eigenvalue weighted by atomic mass is 16.3. The van der Waals surface area contributed by atoms with Crippen molar-refractivity contribution in [2.45, 2.75) is 19.3 Å². The van der Waals surface area contributed by atoms with Crippen LogP contribution >= 0.6 is 0 Å². The number of furan rings is 1. The largest absolute Gasteiger partial charge is 0.446 e. The van der Waals surface area contributed by atoms with Gasteiger partial charge in [0.1, 0.15) is 0 Å². The van der Waals surface area contributed by atoms with Crippen molar-refractivity contribution in [1.82, 2.24) is 4.98 Å². The molecule has 2 heteroatoms. The van der Waals surface area contributed by atoms with E-state index < -0.39 is 0 Å². The zero-order valence-electron chi connectivity index (χ0n) is 6.71. The van der Waals surface area contributed by atoms with Crippen LogP contribution in [-0.2, 0) is 12.8 Å².